The fourth-order valence-electron chi connectivity index (χ4n) is 5.78. The van der Waals surface area contributed by atoms with Crippen LogP contribution in [0.3, 0.4) is 0 Å². The van der Waals surface area contributed by atoms with E-state index in [0.717, 1.165) is 36.8 Å². The Labute approximate surface area is 253 Å². The number of nitrogens with one attached hydrogen (secondary N) is 2. The highest BCUT2D eigenvalue weighted by atomic mass is 16.3. The Kier molecular flexibility index (Phi) is 9.32. The van der Waals surface area contributed by atoms with Gasteiger partial charge < -0.3 is 25.7 Å². The van der Waals surface area contributed by atoms with Crippen molar-refractivity contribution in [2.24, 2.45) is 5.73 Å². The highest BCUT2D eigenvalue weighted by molar-refractivity contribution is 6.05. The summed E-state index contributed by atoms with van der Waals surface area (Å²) in [6.07, 6.45) is 5.41. The Morgan fingerprint density at radius 1 is 0.907 bits per heavy atom. The van der Waals surface area contributed by atoms with Gasteiger partial charge in [-0.15, -0.1) is 0 Å². The molecule has 2 fully saturated rings. The lowest BCUT2D eigenvalue weighted by molar-refractivity contribution is 0.0597. The van der Waals surface area contributed by atoms with E-state index in [9.17, 15) is 14.4 Å². The van der Waals surface area contributed by atoms with Crippen molar-refractivity contribution < 1.29 is 18.8 Å². The molecule has 0 radical (unpaired) electrons. The van der Waals surface area contributed by atoms with E-state index in [0.29, 0.717) is 55.3 Å². The van der Waals surface area contributed by atoms with Gasteiger partial charge >= 0.3 is 0 Å². The molecule has 43 heavy (non-hydrogen) atoms. The molecule has 1 aliphatic carbocycles. The molecular weight excluding hydrogens is 542 g/mol. The number of nitrogens with zero attached hydrogens (tertiary/aromatic N) is 2. The summed E-state index contributed by atoms with van der Waals surface area (Å²) in [5.41, 5.74) is 9.94. The monoisotopic (exact) mass is 585 g/mol. The molecule has 4 N–H and O–H groups in total. The van der Waals surface area contributed by atoms with Crippen molar-refractivity contribution in [2.75, 3.05) is 31.5 Å². The number of carbonyl (C=O) groups excluding carboxylic acids is 3. The van der Waals surface area contributed by atoms with E-state index < -0.39 is 0 Å². The number of amides is 3. The zero-order valence-electron chi connectivity index (χ0n) is 25.4. The summed E-state index contributed by atoms with van der Waals surface area (Å²) < 4.78 is 5.28. The van der Waals surface area contributed by atoms with E-state index in [2.05, 4.69) is 36.3 Å². The van der Waals surface area contributed by atoms with Gasteiger partial charge in [-0.3, -0.25) is 19.3 Å². The summed E-state index contributed by atoms with van der Waals surface area (Å²) in [6, 6.07) is 16.4. The lowest BCUT2D eigenvalue weighted by Crippen LogP contribution is -2.49. The lowest BCUT2D eigenvalue weighted by atomic mass is 9.86. The Bertz CT molecular complexity index is 1420. The zero-order valence-corrected chi connectivity index (χ0v) is 25.4. The minimum absolute atomic E-state index is 0.0165. The van der Waals surface area contributed by atoms with Crippen LogP contribution in [0, 0.1) is 0 Å². The summed E-state index contributed by atoms with van der Waals surface area (Å²) in [5, 5.41) is 6.19. The van der Waals surface area contributed by atoms with Crippen LogP contribution in [0.1, 0.15) is 88.9 Å². The van der Waals surface area contributed by atoms with Crippen LogP contribution < -0.4 is 16.4 Å². The number of benzene rings is 2. The quantitative estimate of drug-likeness (QED) is 0.367. The summed E-state index contributed by atoms with van der Waals surface area (Å²) in [5.74, 6) is -0.188. The number of carbonyl (C=O) groups is 3. The fourth-order valence-corrected chi connectivity index (χ4v) is 5.78. The predicted molar refractivity (Wildman–Crippen MR) is 167 cm³/mol. The summed E-state index contributed by atoms with van der Waals surface area (Å²) in [4.78, 5) is 43.4. The molecule has 1 saturated carbocycles. The van der Waals surface area contributed by atoms with Crippen molar-refractivity contribution in [1.29, 1.82) is 0 Å². The number of furan rings is 1. The molecule has 9 heteroatoms. The van der Waals surface area contributed by atoms with Crippen LogP contribution in [-0.4, -0.2) is 65.8 Å². The molecular formula is C34H43N5O4. The minimum atomic E-state index is -0.234. The van der Waals surface area contributed by atoms with Crippen LogP contribution in [0.5, 0.6) is 0 Å². The third-order valence-corrected chi connectivity index (χ3v) is 8.55. The Hall–Kier alpha value is -3.95. The maximum atomic E-state index is 13.4. The third-order valence-electron chi connectivity index (χ3n) is 8.55. The molecule has 5 rings (SSSR count). The number of rotatable bonds is 7. The van der Waals surface area contributed by atoms with Crippen LogP contribution in [0.25, 0.3) is 0 Å². The van der Waals surface area contributed by atoms with Crippen LogP contribution in [0.15, 0.2) is 65.3 Å². The van der Waals surface area contributed by atoms with Crippen LogP contribution in [-0.2, 0) is 12.0 Å². The molecule has 9 nitrogen and oxygen atoms in total. The Morgan fingerprint density at radius 3 is 2.26 bits per heavy atom. The van der Waals surface area contributed by atoms with Gasteiger partial charge in [-0.2, -0.15) is 0 Å². The van der Waals surface area contributed by atoms with Gasteiger partial charge in [0.25, 0.3) is 17.7 Å². The van der Waals surface area contributed by atoms with Gasteiger partial charge in [-0.1, -0.05) is 51.8 Å². The first-order chi connectivity index (χ1) is 20.6. The number of hydrogen-bond donors (Lipinski definition) is 3. The molecule has 3 amide bonds. The summed E-state index contributed by atoms with van der Waals surface area (Å²) >= 11 is 0. The molecule has 2 heterocycles. The average molecular weight is 586 g/mol. The molecule has 2 aromatic carbocycles. The Morgan fingerprint density at radius 2 is 1.60 bits per heavy atom. The highest BCUT2D eigenvalue weighted by Crippen LogP contribution is 2.25. The summed E-state index contributed by atoms with van der Waals surface area (Å²) in [6.45, 7) is 9.48. The minimum Gasteiger partial charge on any atom is -0.459 e. The molecule has 1 aromatic heterocycles. The molecule has 0 spiro atoms. The number of piperazine rings is 1. The number of nitrogens with two attached hydrogens (primary N) is 1. The lowest BCUT2D eigenvalue weighted by Gasteiger charge is -2.34. The first kappa shape index (κ1) is 30.5. The van der Waals surface area contributed by atoms with Crippen molar-refractivity contribution in [3.63, 3.8) is 0 Å². The summed E-state index contributed by atoms with van der Waals surface area (Å²) in [7, 11) is 0. The van der Waals surface area contributed by atoms with E-state index in [1.54, 1.807) is 23.1 Å². The largest absolute Gasteiger partial charge is 0.459 e. The van der Waals surface area contributed by atoms with Crippen molar-refractivity contribution in [3.8, 4) is 0 Å². The predicted octanol–water partition coefficient (Wildman–Crippen LogP) is 4.79. The second-order valence-corrected chi connectivity index (χ2v) is 12.7. The van der Waals surface area contributed by atoms with Gasteiger partial charge in [0.15, 0.2) is 5.76 Å². The smallest absolute Gasteiger partial charge is 0.289 e. The molecule has 1 aliphatic heterocycles. The van der Waals surface area contributed by atoms with Crippen LogP contribution >= 0.6 is 0 Å². The molecule has 2 unspecified atom stereocenters. The third kappa shape index (κ3) is 7.53. The highest BCUT2D eigenvalue weighted by Gasteiger charge is 2.26. The van der Waals surface area contributed by atoms with Crippen molar-refractivity contribution in [1.82, 2.24) is 15.1 Å². The zero-order chi connectivity index (χ0) is 30.6. The standard InChI is InChI=1S/C34H43N5O4/c1-34(2,3)26-14-12-23(13-15-26)31(40)37-29-21-24(32(41)36-28-8-5-4-7-27(28)35)10-11-25(29)22-38-16-18-39(19-17-38)33(42)30-9-6-20-43-30/h6,9-15,20-21,27-28H,4-5,7-8,16-19,22,35H2,1-3H3,(H,36,41)(H,37,40). The van der Waals surface area contributed by atoms with E-state index in [1.165, 1.54) is 6.26 Å². The second kappa shape index (κ2) is 13.1. The second-order valence-electron chi connectivity index (χ2n) is 12.7. The van der Waals surface area contributed by atoms with Gasteiger partial charge in [-0.05, 0) is 65.8 Å². The molecule has 2 aliphatic rings. The first-order valence-electron chi connectivity index (χ1n) is 15.2. The van der Waals surface area contributed by atoms with Gasteiger partial charge in [-0.25, -0.2) is 0 Å². The molecule has 0 bridgehead atoms. The molecule has 228 valence electrons. The van der Waals surface area contributed by atoms with E-state index in [-0.39, 0.29) is 35.2 Å². The maximum absolute atomic E-state index is 13.4. The van der Waals surface area contributed by atoms with Crippen molar-refractivity contribution >= 4 is 23.4 Å². The Balaban J connectivity index is 1.32. The fraction of sp³-hybridized carbons (Fsp3) is 0.441. The van der Waals surface area contributed by atoms with E-state index >= 15 is 0 Å². The average Bonchev–Trinajstić information content (AvgIpc) is 3.54. The first-order valence-corrected chi connectivity index (χ1v) is 15.2. The van der Waals surface area contributed by atoms with Gasteiger partial charge in [0.2, 0.25) is 0 Å². The van der Waals surface area contributed by atoms with Crippen molar-refractivity contribution in [3.05, 3.63) is 88.9 Å². The van der Waals surface area contributed by atoms with Crippen LogP contribution in [0.2, 0.25) is 0 Å². The van der Waals surface area contributed by atoms with Crippen LogP contribution in [0.4, 0.5) is 5.69 Å². The molecule has 1 saturated heterocycles. The topological polar surface area (TPSA) is 121 Å². The maximum Gasteiger partial charge on any atom is 0.289 e. The number of hydrogen-bond acceptors (Lipinski definition) is 6. The van der Waals surface area contributed by atoms with Crippen molar-refractivity contribution in [2.45, 2.75) is 70.5 Å². The molecule has 2 atom stereocenters. The SMILES string of the molecule is CC(C)(C)c1ccc(C(=O)Nc2cc(C(=O)NC3CCCCC3N)ccc2CN2CCN(C(=O)c3ccco3)CC2)cc1. The van der Waals surface area contributed by atoms with Gasteiger partial charge in [0.05, 0.1) is 6.26 Å². The van der Waals surface area contributed by atoms with E-state index in [1.807, 2.05) is 36.4 Å². The van der Waals surface area contributed by atoms with Gasteiger partial charge in [0.1, 0.15) is 0 Å². The number of anilines is 1. The normalized spacial score (nSPS) is 19.6. The van der Waals surface area contributed by atoms with E-state index in [4.69, 9.17) is 10.2 Å². The van der Waals surface area contributed by atoms with Gasteiger partial charge in [0, 0.05) is 61.6 Å². The molecule has 3 aromatic rings.